The number of anilines is 3. The zero-order valence-electron chi connectivity index (χ0n) is 25.0. The van der Waals surface area contributed by atoms with Gasteiger partial charge in [0, 0.05) is 49.1 Å². The number of rotatable bonds is 5. The van der Waals surface area contributed by atoms with Crippen molar-refractivity contribution in [3.63, 3.8) is 0 Å². The van der Waals surface area contributed by atoms with E-state index in [1.807, 2.05) is 18.5 Å². The second-order valence-electron chi connectivity index (χ2n) is 11.2. The largest absolute Gasteiger partial charge is 0.285 e. The van der Waals surface area contributed by atoms with Gasteiger partial charge >= 0.3 is 0 Å². The Hall–Kier alpha value is -4.60. The van der Waals surface area contributed by atoms with E-state index in [0.29, 0.717) is 0 Å². The van der Waals surface area contributed by atoms with Crippen molar-refractivity contribution in [3.05, 3.63) is 158 Å². The van der Waals surface area contributed by atoms with Crippen molar-refractivity contribution in [1.82, 2.24) is 19.5 Å². The fourth-order valence-electron chi connectivity index (χ4n) is 6.29. The maximum Gasteiger partial charge on any atom is 0.155 e. The zero-order valence-corrected chi connectivity index (χ0v) is 29.1. The molecule has 47 heavy (non-hydrogen) atoms. The number of aromatic nitrogens is 4. The summed E-state index contributed by atoms with van der Waals surface area (Å²) >= 11 is 1.74. The summed E-state index contributed by atoms with van der Waals surface area (Å²) in [5.41, 5.74) is 2.98. The number of pyridine rings is 3. The standard InChI is InChI=1S/C39H26N5PS.Pt/c1-3-13-29(14-4-1)45(30-15-5-2-6-16-30)32-18-9-11-27-20-22-36(41-37(27)32)44-31-17-7-8-19-33(31)46-34-21-23-35(42-39(34)44)43-26-24-28-12-10-25-40-38(28)43;/h1-26H;/p+1. The number of fused-ring (bicyclic) bond motifs is 4. The molecule has 5 nitrogen and oxygen atoms in total. The molecule has 228 valence electrons. The van der Waals surface area contributed by atoms with E-state index >= 15 is 0 Å². The van der Waals surface area contributed by atoms with Crippen molar-refractivity contribution in [1.29, 1.82) is 0 Å². The fourth-order valence-corrected chi connectivity index (χ4v) is 10.0. The van der Waals surface area contributed by atoms with E-state index in [1.54, 1.807) is 11.8 Å². The van der Waals surface area contributed by atoms with Gasteiger partial charge in [-0.25, -0.2) is 15.0 Å². The van der Waals surface area contributed by atoms with E-state index in [-0.39, 0.29) is 21.1 Å². The Kier molecular flexibility index (Phi) is 7.95. The van der Waals surface area contributed by atoms with Gasteiger partial charge in [-0.3, -0.25) is 9.47 Å². The molecule has 0 saturated carbocycles. The molecule has 0 amide bonds. The van der Waals surface area contributed by atoms with E-state index in [1.165, 1.54) is 20.8 Å². The third-order valence-corrected chi connectivity index (χ3v) is 12.3. The number of benzene rings is 4. The first-order chi connectivity index (χ1) is 22.8. The number of hydrogen-bond acceptors (Lipinski definition) is 5. The second-order valence-corrected chi connectivity index (χ2v) is 14.7. The summed E-state index contributed by atoms with van der Waals surface area (Å²) in [7, 11) is -1.34. The van der Waals surface area contributed by atoms with Crippen molar-refractivity contribution in [2.75, 3.05) is 4.90 Å². The molecule has 4 aromatic carbocycles. The van der Waals surface area contributed by atoms with Gasteiger partial charge < -0.3 is 0 Å². The quantitative estimate of drug-likeness (QED) is 0.163. The first-order valence-corrected chi connectivity index (χ1v) is 17.5. The smallest absolute Gasteiger partial charge is 0.155 e. The van der Waals surface area contributed by atoms with Crippen LogP contribution in [-0.4, -0.2) is 19.5 Å². The molecular formula is C39H27N5PPtS+. The van der Waals surface area contributed by atoms with E-state index in [2.05, 4.69) is 154 Å². The van der Waals surface area contributed by atoms with E-state index in [4.69, 9.17) is 9.97 Å². The predicted molar refractivity (Wildman–Crippen MR) is 193 cm³/mol. The van der Waals surface area contributed by atoms with Crippen LogP contribution in [0, 0.1) is 0 Å². The molecule has 1 aliphatic rings. The molecule has 0 N–H and O–H groups in total. The molecule has 9 rings (SSSR count). The van der Waals surface area contributed by atoms with E-state index in [9.17, 15) is 0 Å². The first kappa shape index (κ1) is 29.8. The van der Waals surface area contributed by atoms with Gasteiger partial charge in [0.1, 0.15) is 46.6 Å². The van der Waals surface area contributed by atoms with Crippen LogP contribution in [0.3, 0.4) is 0 Å². The monoisotopic (exact) mass is 823 g/mol. The van der Waals surface area contributed by atoms with Crippen molar-refractivity contribution in [2.24, 2.45) is 0 Å². The summed E-state index contributed by atoms with van der Waals surface area (Å²) < 4.78 is 2.05. The van der Waals surface area contributed by atoms with Gasteiger partial charge in [-0.2, -0.15) is 0 Å². The maximum absolute atomic E-state index is 5.49. The summed E-state index contributed by atoms with van der Waals surface area (Å²) in [5.74, 6) is 2.52. The third-order valence-electron chi connectivity index (χ3n) is 8.39. The van der Waals surface area contributed by atoms with Crippen LogP contribution in [0.5, 0.6) is 0 Å². The molecule has 4 aromatic heterocycles. The van der Waals surface area contributed by atoms with Gasteiger partial charge in [0.25, 0.3) is 0 Å². The maximum atomic E-state index is 5.49. The topological polar surface area (TPSA) is 46.8 Å². The molecule has 0 saturated heterocycles. The molecule has 0 atom stereocenters. The fraction of sp³-hybridized carbons (Fsp3) is 0. The van der Waals surface area contributed by atoms with Crippen LogP contribution in [0.2, 0.25) is 0 Å². The Labute approximate surface area is 292 Å². The Morgan fingerprint density at radius 1 is 0.553 bits per heavy atom. The van der Waals surface area contributed by atoms with Crippen LogP contribution in [0.4, 0.5) is 17.3 Å². The molecule has 5 heterocycles. The minimum atomic E-state index is -1.34. The van der Waals surface area contributed by atoms with Gasteiger partial charge in [0.2, 0.25) is 0 Å². The van der Waals surface area contributed by atoms with Gasteiger partial charge in [0.05, 0.1) is 10.6 Å². The molecule has 1 aliphatic heterocycles. The Morgan fingerprint density at radius 2 is 1.28 bits per heavy atom. The number of para-hydroxylation sites is 2. The van der Waals surface area contributed by atoms with Crippen LogP contribution in [0.25, 0.3) is 27.8 Å². The van der Waals surface area contributed by atoms with Crippen LogP contribution < -0.4 is 20.8 Å². The van der Waals surface area contributed by atoms with E-state index < -0.39 is 7.92 Å². The SMILES string of the molecule is [Pt].c1ccc([PH+](c2ccccc2)c2cccc3ccc(N4c5ccccc5Sc5ccc(-n6ccc7cccnc76)nc54)nc23)cc1. The molecule has 8 aromatic rings. The summed E-state index contributed by atoms with van der Waals surface area (Å²) in [4.78, 5) is 19.9. The van der Waals surface area contributed by atoms with Crippen LogP contribution in [0.15, 0.2) is 168 Å². The zero-order chi connectivity index (χ0) is 30.5. The van der Waals surface area contributed by atoms with Crippen molar-refractivity contribution < 1.29 is 21.1 Å². The summed E-state index contributed by atoms with van der Waals surface area (Å²) in [6, 6.07) is 51.5. The van der Waals surface area contributed by atoms with Gasteiger partial charge in [-0.05, 0) is 84.9 Å². The molecule has 8 heteroatoms. The van der Waals surface area contributed by atoms with Crippen LogP contribution in [-0.2, 0) is 21.1 Å². The summed E-state index contributed by atoms with van der Waals surface area (Å²) in [5, 5.41) is 6.15. The van der Waals surface area contributed by atoms with Crippen molar-refractivity contribution >= 4 is 74.9 Å². The number of hydrogen-bond donors (Lipinski definition) is 0. The average molecular weight is 824 g/mol. The summed E-state index contributed by atoms with van der Waals surface area (Å²) in [6.07, 6.45) is 3.87. The molecular weight excluding hydrogens is 797 g/mol. The van der Waals surface area contributed by atoms with Gasteiger partial charge in [-0.1, -0.05) is 72.4 Å². The van der Waals surface area contributed by atoms with E-state index in [0.717, 1.165) is 50.0 Å². The van der Waals surface area contributed by atoms with Crippen molar-refractivity contribution in [3.8, 4) is 5.82 Å². The molecule has 0 fully saturated rings. The van der Waals surface area contributed by atoms with Crippen LogP contribution in [0.1, 0.15) is 0 Å². The van der Waals surface area contributed by atoms with Gasteiger partial charge in [0.15, 0.2) is 5.82 Å². The molecule has 0 unspecified atom stereocenters. The number of nitrogens with zero attached hydrogens (tertiary/aromatic N) is 5. The molecule has 0 spiro atoms. The third kappa shape index (κ3) is 5.27. The van der Waals surface area contributed by atoms with Crippen LogP contribution >= 0.6 is 19.7 Å². The Balaban J connectivity index is 0.00000324. The molecule has 0 radical (unpaired) electrons. The Morgan fingerprint density at radius 3 is 2.09 bits per heavy atom. The minimum absolute atomic E-state index is 0. The molecule has 0 aliphatic carbocycles. The second kappa shape index (κ2) is 12.5. The minimum Gasteiger partial charge on any atom is -0.285 e. The molecule has 0 bridgehead atoms. The summed E-state index contributed by atoms with van der Waals surface area (Å²) in [6.45, 7) is 0. The average Bonchev–Trinajstić information content (AvgIpc) is 3.56. The first-order valence-electron chi connectivity index (χ1n) is 15.2. The normalized spacial score (nSPS) is 12.1. The van der Waals surface area contributed by atoms with Crippen molar-refractivity contribution in [2.45, 2.75) is 9.79 Å². The Bertz CT molecular complexity index is 2340. The van der Waals surface area contributed by atoms with Gasteiger partial charge in [-0.15, -0.1) is 0 Å². The predicted octanol–water partition coefficient (Wildman–Crippen LogP) is 8.39.